The highest BCUT2D eigenvalue weighted by Gasteiger charge is 2.24. The molecule has 0 bridgehead atoms. The molecule has 2 unspecified atom stereocenters. The van der Waals surface area contributed by atoms with Gasteiger partial charge in [-0.05, 0) is 12.8 Å². The van der Waals surface area contributed by atoms with Crippen molar-refractivity contribution in [2.75, 3.05) is 0 Å². The zero-order valence-electron chi connectivity index (χ0n) is 6.06. The van der Waals surface area contributed by atoms with E-state index in [0.717, 1.165) is 0 Å². The van der Waals surface area contributed by atoms with Crippen molar-refractivity contribution in [3.05, 3.63) is 12.2 Å². The van der Waals surface area contributed by atoms with Gasteiger partial charge in [-0.1, -0.05) is 12.2 Å². The predicted octanol–water partition coefficient (Wildman–Crippen LogP) is 0.786. The number of aliphatic carboxylic acids is 1. The molecular weight excluding hydrogens is 166 g/mol. The highest BCUT2D eigenvalue weighted by molar-refractivity contribution is 5.85. The molecule has 1 aliphatic rings. The zero-order chi connectivity index (χ0) is 7.56. The molecule has 0 aliphatic heterocycles. The number of rotatable bonds is 1. The van der Waals surface area contributed by atoms with E-state index in [1.165, 1.54) is 0 Å². The molecule has 3 nitrogen and oxygen atoms in total. The Morgan fingerprint density at radius 3 is 2.36 bits per heavy atom. The number of nitrogens with two attached hydrogens (primary N) is 1. The van der Waals surface area contributed by atoms with Crippen molar-refractivity contribution >= 4 is 18.4 Å². The lowest BCUT2D eigenvalue weighted by atomic mass is 9.90. The lowest BCUT2D eigenvalue weighted by Crippen LogP contribution is -2.36. The first-order valence-corrected chi connectivity index (χ1v) is 3.35. The summed E-state index contributed by atoms with van der Waals surface area (Å²) in [4.78, 5) is 10.5. The third kappa shape index (κ3) is 2.52. The normalized spacial score (nSPS) is 29.2. The number of carboxylic acids is 1. The Morgan fingerprint density at radius 2 is 2.00 bits per heavy atom. The topological polar surface area (TPSA) is 63.3 Å². The van der Waals surface area contributed by atoms with Crippen LogP contribution in [0.25, 0.3) is 0 Å². The van der Waals surface area contributed by atoms with Crippen LogP contribution in [0.3, 0.4) is 0 Å². The van der Waals surface area contributed by atoms with Gasteiger partial charge in [0.05, 0.1) is 5.92 Å². The van der Waals surface area contributed by atoms with Crippen LogP contribution in [-0.4, -0.2) is 17.1 Å². The molecule has 1 aliphatic carbocycles. The summed E-state index contributed by atoms with van der Waals surface area (Å²) in [6, 6.07) is -0.192. The first kappa shape index (κ1) is 10.5. The summed E-state index contributed by atoms with van der Waals surface area (Å²) >= 11 is 0. The smallest absolute Gasteiger partial charge is 0.308 e. The Hall–Kier alpha value is -0.540. The highest BCUT2D eigenvalue weighted by Crippen LogP contribution is 2.16. The van der Waals surface area contributed by atoms with Gasteiger partial charge in [-0.25, -0.2) is 0 Å². The van der Waals surface area contributed by atoms with Crippen LogP contribution in [0, 0.1) is 5.92 Å². The van der Waals surface area contributed by atoms with Crippen LogP contribution < -0.4 is 5.73 Å². The van der Waals surface area contributed by atoms with Crippen molar-refractivity contribution in [3.63, 3.8) is 0 Å². The molecule has 0 aromatic heterocycles. The van der Waals surface area contributed by atoms with E-state index in [-0.39, 0.29) is 24.4 Å². The van der Waals surface area contributed by atoms with E-state index in [9.17, 15) is 4.79 Å². The Morgan fingerprint density at radius 1 is 1.45 bits per heavy atom. The molecule has 3 N–H and O–H groups in total. The van der Waals surface area contributed by atoms with Crippen molar-refractivity contribution in [2.24, 2.45) is 11.7 Å². The van der Waals surface area contributed by atoms with Crippen LogP contribution >= 0.6 is 12.4 Å². The summed E-state index contributed by atoms with van der Waals surface area (Å²) < 4.78 is 0. The average molecular weight is 178 g/mol. The summed E-state index contributed by atoms with van der Waals surface area (Å²) in [5.74, 6) is -1.15. The third-order valence-electron chi connectivity index (χ3n) is 1.80. The number of carbonyl (C=O) groups is 1. The van der Waals surface area contributed by atoms with Crippen LogP contribution in [0.15, 0.2) is 12.2 Å². The van der Waals surface area contributed by atoms with Crippen molar-refractivity contribution in [2.45, 2.75) is 18.9 Å². The third-order valence-corrected chi connectivity index (χ3v) is 1.80. The summed E-state index contributed by atoms with van der Waals surface area (Å²) in [5.41, 5.74) is 5.55. The minimum Gasteiger partial charge on any atom is -0.481 e. The van der Waals surface area contributed by atoms with Gasteiger partial charge < -0.3 is 10.8 Å². The molecule has 0 radical (unpaired) electrons. The number of hydrogen-bond donors (Lipinski definition) is 2. The van der Waals surface area contributed by atoms with E-state index in [1.54, 1.807) is 0 Å². The molecule has 0 amide bonds. The maximum Gasteiger partial charge on any atom is 0.308 e. The SMILES string of the molecule is Cl.NC1CC=CCC1C(=O)O. The van der Waals surface area contributed by atoms with E-state index in [1.807, 2.05) is 12.2 Å². The molecule has 11 heavy (non-hydrogen) atoms. The Balaban J connectivity index is 0.000001000. The highest BCUT2D eigenvalue weighted by atomic mass is 35.5. The summed E-state index contributed by atoms with van der Waals surface area (Å²) in [5, 5.41) is 8.59. The van der Waals surface area contributed by atoms with Crippen LogP contribution in [0.5, 0.6) is 0 Å². The van der Waals surface area contributed by atoms with E-state index in [0.29, 0.717) is 12.8 Å². The minimum atomic E-state index is -0.781. The minimum absolute atomic E-state index is 0. The molecule has 0 aromatic rings. The fourth-order valence-electron chi connectivity index (χ4n) is 1.12. The lowest BCUT2D eigenvalue weighted by molar-refractivity contribution is -0.142. The standard InChI is InChI=1S/C7H11NO2.ClH/c8-6-4-2-1-3-5(6)7(9)10;/h1-2,5-6H,3-4,8H2,(H,9,10);1H. The Bertz CT molecular complexity index is 170. The molecule has 0 saturated carbocycles. The quantitative estimate of drug-likeness (QED) is 0.582. The monoisotopic (exact) mass is 177 g/mol. The molecule has 4 heteroatoms. The molecule has 0 heterocycles. The summed E-state index contributed by atoms with van der Waals surface area (Å²) in [6.45, 7) is 0. The number of allylic oxidation sites excluding steroid dienone is 1. The molecule has 0 saturated heterocycles. The van der Waals surface area contributed by atoms with Crippen molar-refractivity contribution in [1.29, 1.82) is 0 Å². The van der Waals surface area contributed by atoms with E-state index in [2.05, 4.69) is 0 Å². The van der Waals surface area contributed by atoms with Crippen LogP contribution in [0.2, 0.25) is 0 Å². The van der Waals surface area contributed by atoms with Crippen molar-refractivity contribution in [1.82, 2.24) is 0 Å². The first-order valence-electron chi connectivity index (χ1n) is 3.35. The van der Waals surface area contributed by atoms with Crippen LogP contribution in [-0.2, 0) is 4.79 Å². The van der Waals surface area contributed by atoms with Gasteiger partial charge in [0.15, 0.2) is 0 Å². The fraction of sp³-hybridized carbons (Fsp3) is 0.571. The van der Waals surface area contributed by atoms with Gasteiger partial charge in [-0.2, -0.15) is 0 Å². The molecule has 2 atom stereocenters. The Labute approximate surface area is 71.7 Å². The second kappa shape index (κ2) is 4.36. The average Bonchev–Trinajstić information content (AvgIpc) is 1.88. The summed E-state index contributed by atoms with van der Waals surface area (Å²) in [6.07, 6.45) is 5.08. The zero-order valence-corrected chi connectivity index (χ0v) is 6.88. The molecular formula is C7H12ClNO2. The van der Waals surface area contributed by atoms with E-state index >= 15 is 0 Å². The van der Waals surface area contributed by atoms with Crippen molar-refractivity contribution < 1.29 is 9.90 Å². The number of hydrogen-bond acceptors (Lipinski definition) is 2. The largest absolute Gasteiger partial charge is 0.481 e. The van der Waals surface area contributed by atoms with Gasteiger partial charge in [0.25, 0.3) is 0 Å². The second-order valence-corrected chi connectivity index (χ2v) is 2.55. The fourth-order valence-corrected chi connectivity index (χ4v) is 1.12. The van der Waals surface area contributed by atoms with E-state index in [4.69, 9.17) is 10.8 Å². The second-order valence-electron chi connectivity index (χ2n) is 2.55. The van der Waals surface area contributed by atoms with Gasteiger partial charge in [-0.15, -0.1) is 12.4 Å². The van der Waals surface area contributed by atoms with Gasteiger partial charge in [0, 0.05) is 6.04 Å². The summed E-state index contributed by atoms with van der Waals surface area (Å²) in [7, 11) is 0. The van der Waals surface area contributed by atoms with Gasteiger partial charge in [-0.3, -0.25) is 4.79 Å². The molecule has 0 fully saturated rings. The lowest BCUT2D eigenvalue weighted by Gasteiger charge is -2.20. The molecule has 0 aromatic carbocycles. The van der Waals surface area contributed by atoms with Crippen LogP contribution in [0.1, 0.15) is 12.8 Å². The number of carboxylic acid groups (broad SMARTS) is 1. The number of halogens is 1. The van der Waals surface area contributed by atoms with Gasteiger partial charge in [0.2, 0.25) is 0 Å². The maximum atomic E-state index is 10.5. The Kier molecular flexibility index (Phi) is 4.15. The van der Waals surface area contributed by atoms with Gasteiger partial charge >= 0.3 is 5.97 Å². The molecule has 1 rings (SSSR count). The molecule has 0 spiro atoms. The molecule has 64 valence electrons. The predicted molar refractivity (Wildman–Crippen MR) is 44.7 cm³/mol. The van der Waals surface area contributed by atoms with Crippen LogP contribution in [0.4, 0.5) is 0 Å². The first-order chi connectivity index (χ1) is 4.72. The van der Waals surface area contributed by atoms with E-state index < -0.39 is 5.97 Å². The van der Waals surface area contributed by atoms with Gasteiger partial charge in [0.1, 0.15) is 0 Å². The van der Waals surface area contributed by atoms with Crippen molar-refractivity contribution in [3.8, 4) is 0 Å². The maximum absolute atomic E-state index is 10.5.